The summed E-state index contributed by atoms with van der Waals surface area (Å²) in [6, 6.07) is 11.9. The molecule has 0 radical (unpaired) electrons. The largest absolute Gasteiger partial charge is 0.490 e. The number of benzene rings is 2. The maximum atomic E-state index is 14.6. The van der Waals surface area contributed by atoms with Crippen LogP contribution < -0.4 is 4.74 Å². The molecule has 1 unspecified atom stereocenters. The van der Waals surface area contributed by atoms with Gasteiger partial charge < -0.3 is 19.3 Å². The lowest BCUT2D eigenvalue weighted by molar-refractivity contribution is -0.168. The predicted molar refractivity (Wildman–Crippen MR) is 132 cm³/mol. The smallest absolute Gasteiger partial charge is 0.232 e. The first kappa shape index (κ1) is 26.1. The summed E-state index contributed by atoms with van der Waals surface area (Å²) >= 11 is 0. The quantitative estimate of drug-likeness (QED) is 0.568. The van der Waals surface area contributed by atoms with Crippen molar-refractivity contribution in [3.63, 3.8) is 0 Å². The molecule has 8 heteroatoms. The molecule has 2 amide bonds. The van der Waals surface area contributed by atoms with Gasteiger partial charge in [0.05, 0.1) is 25.0 Å². The Labute approximate surface area is 211 Å². The van der Waals surface area contributed by atoms with Gasteiger partial charge in [0.25, 0.3) is 0 Å². The first-order chi connectivity index (χ1) is 17.2. The van der Waals surface area contributed by atoms with Crippen LogP contribution in [0.2, 0.25) is 0 Å². The minimum absolute atomic E-state index is 0.0160. The van der Waals surface area contributed by atoms with Gasteiger partial charge in [-0.05, 0) is 63.4 Å². The van der Waals surface area contributed by atoms with Crippen molar-refractivity contribution < 1.29 is 27.8 Å². The summed E-state index contributed by atoms with van der Waals surface area (Å²) in [7, 11) is 0. The summed E-state index contributed by atoms with van der Waals surface area (Å²) < 4.78 is 40.1. The van der Waals surface area contributed by atoms with E-state index in [2.05, 4.69) is 0 Å². The number of hydrogen-bond donors (Lipinski definition) is 0. The van der Waals surface area contributed by atoms with Crippen LogP contribution in [0, 0.1) is 11.6 Å². The lowest BCUT2D eigenvalue weighted by atomic mass is 9.82. The molecule has 4 rings (SSSR count). The van der Waals surface area contributed by atoms with Crippen molar-refractivity contribution in [1.82, 2.24) is 9.80 Å². The highest BCUT2D eigenvalue weighted by molar-refractivity contribution is 5.88. The van der Waals surface area contributed by atoms with Crippen LogP contribution in [0.15, 0.2) is 48.5 Å². The second-order valence-corrected chi connectivity index (χ2v) is 10.2. The molecule has 0 spiro atoms. The van der Waals surface area contributed by atoms with Crippen molar-refractivity contribution in [3.05, 3.63) is 65.7 Å². The molecule has 2 aliphatic rings. The van der Waals surface area contributed by atoms with Crippen molar-refractivity contribution in [2.45, 2.75) is 50.5 Å². The SMILES string of the molecule is CC(C)(C(=O)N1CCOC(COc2ccc(F)cc2)(CC(=O)N2CCCCC2)C1)c1ccccc1F. The van der Waals surface area contributed by atoms with Crippen LogP contribution in [0.25, 0.3) is 0 Å². The van der Waals surface area contributed by atoms with E-state index in [1.54, 1.807) is 36.9 Å². The summed E-state index contributed by atoms with van der Waals surface area (Å²) in [5.41, 5.74) is -1.87. The van der Waals surface area contributed by atoms with Crippen LogP contribution >= 0.6 is 0 Å². The number of carbonyl (C=O) groups excluding carboxylic acids is 2. The summed E-state index contributed by atoms with van der Waals surface area (Å²) in [5.74, 6) is -0.652. The first-order valence-electron chi connectivity index (χ1n) is 12.5. The maximum Gasteiger partial charge on any atom is 0.232 e. The minimum Gasteiger partial charge on any atom is -0.490 e. The van der Waals surface area contributed by atoms with E-state index in [-0.39, 0.29) is 43.8 Å². The van der Waals surface area contributed by atoms with Gasteiger partial charge in [-0.25, -0.2) is 8.78 Å². The zero-order valence-corrected chi connectivity index (χ0v) is 21.0. The summed E-state index contributed by atoms with van der Waals surface area (Å²) in [6.45, 7) is 5.52. The fraction of sp³-hybridized carbons (Fsp3) is 0.500. The second kappa shape index (κ2) is 10.9. The van der Waals surface area contributed by atoms with Crippen LogP contribution in [0.4, 0.5) is 8.78 Å². The number of amides is 2. The standard InChI is InChI=1S/C28H34F2N2O4/c1-27(2,23-8-4-5-9-24(23)30)26(34)32-16-17-36-28(19-32,18-25(33)31-14-6-3-7-15-31)20-35-22-12-10-21(29)11-13-22/h4-5,8-13H,3,6-7,14-20H2,1-2H3. The maximum absolute atomic E-state index is 14.6. The molecule has 2 aromatic rings. The van der Waals surface area contributed by atoms with Crippen LogP contribution in [0.3, 0.4) is 0 Å². The van der Waals surface area contributed by atoms with E-state index >= 15 is 0 Å². The Bertz CT molecular complexity index is 1070. The van der Waals surface area contributed by atoms with Gasteiger partial charge in [-0.1, -0.05) is 18.2 Å². The summed E-state index contributed by atoms with van der Waals surface area (Å²) in [4.78, 5) is 30.4. The number of nitrogens with zero attached hydrogens (tertiary/aromatic N) is 2. The van der Waals surface area contributed by atoms with E-state index in [0.717, 1.165) is 19.3 Å². The van der Waals surface area contributed by atoms with Crippen LogP contribution in [-0.4, -0.2) is 66.6 Å². The Kier molecular flexibility index (Phi) is 7.93. The molecule has 0 saturated carbocycles. The van der Waals surface area contributed by atoms with Crippen LogP contribution in [-0.2, 0) is 19.7 Å². The minimum atomic E-state index is -1.11. The molecule has 2 aliphatic heterocycles. The normalized spacial score (nSPS) is 20.8. The van der Waals surface area contributed by atoms with Crippen molar-refractivity contribution in [1.29, 1.82) is 0 Å². The number of rotatable bonds is 7. The molecule has 2 heterocycles. The highest BCUT2D eigenvalue weighted by atomic mass is 19.1. The van der Waals surface area contributed by atoms with Crippen molar-refractivity contribution in [2.75, 3.05) is 39.4 Å². The Morgan fingerprint density at radius 2 is 1.67 bits per heavy atom. The number of piperidine rings is 1. The predicted octanol–water partition coefficient (Wildman–Crippen LogP) is 4.32. The highest BCUT2D eigenvalue weighted by Gasteiger charge is 2.45. The molecule has 2 aromatic carbocycles. The number of hydrogen-bond acceptors (Lipinski definition) is 4. The fourth-order valence-corrected chi connectivity index (χ4v) is 5.02. The van der Waals surface area contributed by atoms with Gasteiger partial charge >= 0.3 is 0 Å². The Balaban J connectivity index is 1.56. The molecule has 194 valence electrons. The van der Waals surface area contributed by atoms with Crippen LogP contribution in [0.1, 0.15) is 45.1 Å². The van der Waals surface area contributed by atoms with Gasteiger partial charge in [-0.2, -0.15) is 0 Å². The van der Waals surface area contributed by atoms with Gasteiger partial charge in [-0.3, -0.25) is 9.59 Å². The van der Waals surface area contributed by atoms with E-state index in [4.69, 9.17) is 9.47 Å². The zero-order chi connectivity index (χ0) is 25.8. The van der Waals surface area contributed by atoms with Gasteiger partial charge in [0.15, 0.2) is 0 Å². The molecule has 2 fully saturated rings. The second-order valence-electron chi connectivity index (χ2n) is 10.2. The monoisotopic (exact) mass is 500 g/mol. The molecule has 1 atom stereocenters. The Hall–Kier alpha value is -3.00. The molecule has 0 aromatic heterocycles. The van der Waals surface area contributed by atoms with Crippen LogP contribution in [0.5, 0.6) is 5.75 Å². The number of ether oxygens (including phenoxy) is 2. The molecule has 0 bridgehead atoms. The third-order valence-electron chi connectivity index (χ3n) is 7.12. The lowest BCUT2D eigenvalue weighted by Crippen LogP contribution is -2.60. The number of halogens is 2. The Morgan fingerprint density at radius 1 is 0.972 bits per heavy atom. The molecule has 6 nitrogen and oxygen atoms in total. The molecular formula is C28H34F2N2O4. The third-order valence-corrected chi connectivity index (χ3v) is 7.12. The molecule has 2 saturated heterocycles. The highest BCUT2D eigenvalue weighted by Crippen LogP contribution is 2.32. The first-order valence-corrected chi connectivity index (χ1v) is 12.5. The zero-order valence-electron chi connectivity index (χ0n) is 21.0. The number of morpholine rings is 1. The average Bonchev–Trinajstić information content (AvgIpc) is 2.88. The van der Waals surface area contributed by atoms with E-state index < -0.39 is 16.8 Å². The third kappa shape index (κ3) is 5.86. The van der Waals surface area contributed by atoms with Crippen molar-refractivity contribution in [3.8, 4) is 5.75 Å². The van der Waals surface area contributed by atoms with E-state index in [9.17, 15) is 18.4 Å². The van der Waals surface area contributed by atoms with Gasteiger partial charge in [0.2, 0.25) is 11.8 Å². The molecule has 0 aliphatic carbocycles. The fourth-order valence-electron chi connectivity index (χ4n) is 5.02. The van der Waals surface area contributed by atoms with E-state index in [1.165, 1.54) is 30.3 Å². The average molecular weight is 501 g/mol. The number of carbonyl (C=O) groups is 2. The van der Waals surface area contributed by atoms with Crippen molar-refractivity contribution >= 4 is 11.8 Å². The molecule has 36 heavy (non-hydrogen) atoms. The van der Waals surface area contributed by atoms with Gasteiger partial charge in [-0.15, -0.1) is 0 Å². The van der Waals surface area contributed by atoms with Gasteiger partial charge in [0, 0.05) is 25.2 Å². The topological polar surface area (TPSA) is 59.1 Å². The lowest BCUT2D eigenvalue weighted by Gasteiger charge is -2.45. The molecule has 0 N–H and O–H groups in total. The summed E-state index contributed by atoms with van der Waals surface area (Å²) in [5, 5.41) is 0. The summed E-state index contributed by atoms with van der Waals surface area (Å²) in [6.07, 6.45) is 3.09. The molecular weight excluding hydrogens is 466 g/mol. The Morgan fingerprint density at radius 3 is 2.36 bits per heavy atom. The van der Waals surface area contributed by atoms with E-state index in [0.29, 0.717) is 30.9 Å². The number of likely N-dealkylation sites (tertiary alicyclic amines) is 1. The van der Waals surface area contributed by atoms with Crippen molar-refractivity contribution in [2.24, 2.45) is 0 Å². The van der Waals surface area contributed by atoms with E-state index in [1.807, 2.05) is 4.90 Å². The van der Waals surface area contributed by atoms with Gasteiger partial charge in [0.1, 0.15) is 29.6 Å².